The number of hydrogen-bond donors (Lipinski definition) is 1. The predicted octanol–water partition coefficient (Wildman–Crippen LogP) is 4.21. The Bertz CT molecular complexity index is 486. The van der Waals surface area contributed by atoms with Crippen LogP contribution in [0.2, 0.25) is 0 Å². The van der Waals surface area contributed by atoms with Gasteiger partial charge >= 0.3 is 0 Å². The molecule has 0 aromatic rings. The molecule has 124 valence electrons. The molecule has 0 aromatic heterocycles. The molecule has 0 radical (unpaired) electrons. The Morgan fingerprint density at radius 3 is 2.59 bits per heavy atom. The third-order valence-corrected chi connectivity index (χ3v) is 8.92. The molecule has 1 N–H and O–H groups in total. The van der Waals surface area contributed by atoms with Crippen LogP contribution < -0.4 is 0 Å². The Hall–Kier alpha value is -0.370. The fourth-order valence-electron chi connectivity index (χ4n) is 7.47. The number of aliphatic hydroxyl groups excluding tert-OH is 1. The summed E-state index contributed by atoms with van der Waals surface area (Å²) in [5, 5.41) is 10.2. The molecule has 0 saturated heterocycles. The lowest BCUT2D eigenvalue weighted by Gasteiger charge is -2.62. The molecule has 4 rings (SSSR count). The molecule has 8 atom stereocenters. The van der Waals surface area contributed by atoms with Crippen LogP contribution in [0, 0.1) is 40.4 Å². The molecule has 4 aliphatic rings. The molecule has 4 aliphatic carbocycles. The van der Waals surface area contributed by atoms with Crippen molar-refractivity contribution in [1.82, 2.24) is 0 Å². The molecule has 0 aromatic carbocycles. The number of Topliss-reactive ketones (excluding diaryl/α,β-unsaturated/α-hetero) is 1. The number of aliphatic hydroxyl groups is 1. The summed E-state index contributed by atoms with van der Waals surface area (Å²) >= 11 is 0. The van der Waals surface area contributed by atoms with Gasteiger partial charge < -0.3 is 5.11 Å². The van der Waals surface area contributed by atoms with E-state index in [2.05, 4.69) is 20.8 Å². The summed E-state index contributed by atoms with van der Waals surface area (Å²) in [7, 11) is 0. The van der Waals surface area contributed by atoms with E-state index in [1.807, 2.05) is 0 Å². The molecule has 0 aliphatic heterocycles. The summed E-state index contributed by atoms with van der Waals surface area (Å²) in [6.07, 6.45) is 8.85. The maximum atomic E-state index is 12.4. The van der Waals surface area contributed by atoms with E-state index in [1.165, 1.54) is 19.3 Å². The smallest absolute Gasteiger partial charge is 0.139 e. The maximum absolute atomic E-state index is 12.4. The van der Waals surface area contributed by atoms with Gasteiger partial charge in [0.05, 0.1) is 6.10 Å². The highest BCUT2D eigenvalue weighted by Gasteiger charge is 2.61. The van der Waals surface area contributed by atoms with Crippen LogP contribution in [0.25, 0.3) is 0 Å². The van der Waals surface area contributed by atoms with Crippen LogP contribution in [0.1, 0.15) is 72.1 Å². The average Bonchev–Trinajstić information content (AvgIpc) is 2.77. The summed E-state index contributed by atoms with van der Waals surface area (Å²) in [5.41, 5.74) is 0.400. The van der Waals surface area contributed by atoms with Crippen molar-refractivity contribution in [2.75, 3.05) is 0 Å². The van der Waals surface area contributed by atoms with E-state index < -0.39 is 0 Å². The maximum Gasteiger partial charge on any atom is 0.139 e. The second-order valence-corrected chi connectivity index (χ2v) is 9.46. The Kier molecular flexibility index (Phi) is 3.32. The van der Waals surface area contributed by atoms with E-state index in [9.17, 15) is 9.90 Å². The van der Waals surface area contributed by atoms with E-state index in [0.717, 1.165) is 43.9 Å². The Morgan fingerprint density at radius 2 is 1.82 bits per heavy atom. The third kappa shape index (κ3) is 1.79. The first-order valence-electron chi connectivity index (χ1n) is 9.58. The molecule has 2 heteroatoms. The van der Waals surface area contributed by atoms with E-state index in [1.54, 1.807) is 0 Å². The number of fused-ring (bicyclic) bond motifs is 5. The Labute approximate surface area is 135 Å². The number of carbonyl (C=O) groups excluding carboxylic acids is 1. The lowest BCUT2D eigenvalue weighted by atomic mass is 9.43. The van der Waals surface area contributed by atoms with Crippen molar-refractivity contribution in [3.8, 4) is 0 Å². The van der Waals surface area contributed by atoms with E-state index >= 15 is 0 Å². The summed E-state index contributed by atoms with van der Waals surface area (Å²) in [4.78, 5) is 12.4. The van der Waals surface area contributed by atoms with Gasteiger partial charge in [-0.3, -0.25) is 4.79 Å². The molecule has 4 fully saturated rings. The normalized spacial score (nSPS) is 57.9. The zero-order valence-corrected chi connectivity index (χ0v) is 14.5. The van der Waals surface area contributed by atoms with Crippen LogP contribution in [-0.2, 0) is 4.79 Å². The van der Waals surface area contributed by atoms with Gasteiger partial charge in [-0.2, -0.15) is 0 Å². The van der Waals surface area contributed by atoms with Crippen LogP contribution in [0.5, 0.6) is 0 Å². The number of ketones is 1. The molecule has 0 spiro atoms. The lowest BCUT2D eigenvalue weighted by Crippen LogP contribution is -2.56. The Balaban J connectivity index is 1.67. The zero-order valence-electron chi connectivity index (χ0n) is 14.5. The summed E-state index contributed by atoms with van der Waals surface area (Å²) in [5.74, 6) is 4.08. The van der Waals surface area contributed by atoms with Gasteiger partial charge in [0.2, 0.25) is 0 Å². The monoisotopic (exact) mass is 304 g/mol. The van der Waals surface area contributed by atoms with Gasteiger partial charge in [0, 0.05) is 11.8 Å². The quantitative estimate of drug-likeness (QED) is 0.728. The van der Waals surface area contributed by atoms with Gasteiger partial charge in [0.15, 0.2) is 0 Å². The highest BCUT2D eigenvalue weighted by atomic mass is 16.3. The average molecular weight is 304 g/mol. The van der Waals surface area contributed by atoms with Crippen LogP contribution in [0.15, 0.2) is 0 Å². The van der Waals surface area contributed by atoms with Gasteiger partial charge in [-0.25, -0.2) is 0 Å². The van der Waals surface area contributed by atoms with Crippen LogP contribution in [-0.4, -0.2) is 17.0 Å². The molecule has 0 bridgehead atoms. The molecular weight excluding hydrogens is 272 g/mol. The van der Waals surface area contributed by atoms with Crippen molar-refractivity contribution in [2.45, 2.75) is 78.2 Å². The number of hydrogen-bond acceptors (Lipinski definition) is 2. The van der Waals surface area contributed by atoms with Gasteiger partial charge in [0.25, 0.3) is 0 Å². The van der Waals surface area contributed by atoms with Gasteiger partial charge in [-0.05, 0) is 80.0 Å². The van der Waals surface area contributed by atoms with Crippen molar-refractivity contribution in [2.24, 2.45) is 40.4 Å². The summed E-state index contributed by atoms with van der Waals surface area (Å²) in [6, 6.07) is 0. The van der Waals surface area contributed by atoms with Crippen molar-refractivity contribution in [3.05, 3.63) is 0 Å². The van der Waals surface area contributed by atoms with Crippen LogP contribution in [0.4, 0.5) is 0 Å². The fraction of sp³-hybridized carbons (Fsp3) is 0.950. The van der Waals surface area contributed by atoms with E-state index in [4.69, 9.17) is 0 Å². The van der Waals surface area contributed by atoms with Crippen LogP contribution in [0.3, 0.4) is 0 Å². The highest BCUT2D eigenvalue weighted by molar-refractivity contribution is 5.87. The molecule has 2 nitrogen and oxygen atoms in total. The van der Waals surface area contributed by atoms with Crippen molar-refractivity contribution in [3.63, 3.8) is 0 Å². The van der Waals surface area contributed by atoms with Crippen molar-refractivity contribution < 1.29 is 9.90 Å². The fourth-order valence-corrected chi connectivity index (χ4v) is 7.47. The Morgan fingerprint density at radius 1 is 1.05 bits per heavy atom. The molecule has 4 saturated carbocycles. The molecule has 0 unspecified atom stereocenters. The molecule has 0 heterocycles. The first-order valence-corrected chi connectivity index (χ1v) is 9.58. The van der Waals surface area contributed by atoms with Gasteiger partial charge in [-0.1, -0.05) is 20.8 Å². The van der Waals surface area contributed by atoms with E-state index in [-0.39, 0.29) is 11.5 Å². The number of rotatable bonds is 0. The van der Waals surface area contributed by atoms with Gasteiger partial charge in [0.1, 0.15) is 5.78 Å². The largest absolute Gasteiger partial charge is 0.393 e. The van der Waals surface area contributed by atoms with Gasteiger partial charge in [-0.15, -0.1) is 0 Å². The topological polar surface area (TPSA) is 37.3 Å². The third-order valence-electron chi connectivity index (χ3n) is 8.92. The minimum absolute atomic E-state index is 0.00177. The SMILES string of the molecule is C[C@@H]1C[C@H](O)C[C@@H]2CC[C@@H]3[C@H](CC[C@]4(C)C(=O)CC[C@@H]34)[C@]21C. The number of carbonyl (C=O) groups is 1. The zero-order chi connectivity index (χ0) is 15.7. The second-order valence-electron chi connectivity index (χ2n) is 9.46. The predicted molar refractivity (Wildman–Crippen MR) is 87.3 cm³/mol. The first-order chi connectivity index (χ1) is 10.4. The minimum Gasteiger partial charge on any atom is -0.393 e. The molecule has 22 heavy (non-hydrogen) atoms. The highest BCUT2D eigenvalue weighted by Crippen LogP contribution is 2.66. The summed E-state index contributed by atoms with van der Waals surface area (Å²) < 4.78 is 0. The second kappa shape index (κ2) is 4.82. The van der Waals surface area contributed by atoms with Crippen LogP contribution >= 0.6 is 0 Å². The van der Waals surface area contributed by atoms with Crippen molar-refractivity contribution >= 4 is 5.78 Å². The van der Waals surface area contributed by atoms with E-state index in [0.29, 0.717) is 29.0 Å². The first kappa shape index (κ1) is 15.2. The minimum atomic E-state index is -0.0773. The lowest BCUT2D eigenvalue weighted by molar-refractivity contribution is -0.155. The summed E-state index contributed by atoms with van der Waals surface area (Å²) in [6.45, 7) is 7.18. The van der Waals surface area contributed by atoms with Crippen molar-refractivity contribution in [1.29, 1.82) is 0 Å². The molecular formula is C20H32O2. The standard InChI is InChI=1S/C20H32O2/c1-12-10-14(21)11-13-4-5-15-16-6-7-18(22)19(16,2)9-8-17(15)20(12,13)3/h12-17,21H,4-11H2,1-3H3/t12-,13+,14+,15+,16+,17+,19+,20+/m1/s1. The molecule has 0 amide bonds.